The van der Waals surface area contributed by atoms with E-state index < -0.39 is 0 Å². The van der Waals surface area contributed by atoms with Crippen LogP contribution in [0.3, 0.4) is 0 Å². The van der Waals surface area contributed by atoms with E-state index in [1.165, 1.54) is 0 Å². The molecule has 3 heterocycles. The lowest BCUT2D eigenvalue weighted by Crippen LogP contribution is -2.45. The quantitative estimate of drug-likeness (QED) is 0.756. The molecular formula is C18H19N5OS. The molecule has 1 aliphatic rings. The number of rotatable bonds is 4. The van der Waals surface area contributed by atoms with Crippen LogP contribution in [-0.4, -0.2) is 39.8 Å². The number of thiophene rings is 1. The summed E-state index contributed by atoms with van der Waals surface area (Å²) in [5, 5.41) is 12.8. The zero-order valence-electron chi connectivity index (χ0n) is 13.7. The fraction of sp³-hybridized carbons (Fsp3) is 0.278. The Labute approximate surface area is 149 Å². The Bertz CT molecular complexity index is 838. The van der Waals surface area contributed by atoms with Gasteiger partial charge in [-0.05, 0) is 43.0 Å². The monoisotopic (exact) mass is 353 g/mol. The number of hydrogen-bond donors (Lipinski definition) is 2. The maximum Gasteiger partial charge on any atom is 0.291 e. The summed E-state index contributed by atoms with van der Waals surface area (Å²) in [7, 11) is 0. The van der Waals surface area contributed by atoms with Gasteiger partial charge in [0.05, 0.1) is 10.6 Å². The molecule has 25 heavy (non-hydrogen) atoms. The lowest BCUT2D eigenvalue weighted by molar-refractivity contribution is 0.0920. The Hall–Kier alpha value is -2.51. The Morgan fingerprint density at radius 3 is 2.84 bits per heavy atom. The molecule has 0 unspecified atom stereocenters. The fourth-order valence-corrected chi connectivity index (χ4v) is 3.65. The van der Waals surface area contributed by atoms with E-state index in [4.69, 9.17) is 0 Å². The first-order chi connectivity index (χ1) is 12.3. The molecule has 1 aromatic carbocycles. The number of nitrogens with zero attached hydrogens (tertiary/aromatic N) is 3. The van der Waals surface area contributed by atoms with E-state index in [-0.39, 0.29) is 17.8 Å². The van der Waals surface area contributed by atoms with Gasteiger partial charge in [0.2, 0.25) is 5.82 Å². The third-order valence-electron chi connectivity index (χ3n) is 4.18. The van der Waals surface area contributed by atoms with E-state index in [9.17, 15) is 4.79 Å². The number of nitrogens with one attached hydrogen (secondary N) is 2. The SMILES string of the molecule is O=C(N[C@H]1CCCNC1)c1nc(-c2cccs2)n(-c2ccccc2)n1. The van der Waals surface area contributed by atoms with Crippen molar-refractivity contribution in [1.82, 2.24) is 25.4 Å². The van der Waals surface area contributed by atoms with Gasteiger partial charge in [0.15, 0.2) is 5.82 Å². The van der Waals surface area contributed by atoms with Gasteiger partial charge in [-0.3, -0.25) is 4.79 Å². The van der Waals surface area contributed by atoms with Gasteiger partial charge in [0.25, 0.3) is 5.91 Å². The molecule has 1 saturated heterocycles. The van der Waals surface area contributed by atoms with Crippen LogP contribution in [0.1, 0.15) is 23.5 Å². The van der Waals surface area contributed by atoms with Crippen molar-refractivity contribution in [2.75, 3.05) is 13.1 Å². The van der Waals surface area contributed by atoms with Crippen LogP contribution in [0.25, 0.3) is 16.4 Å². The molecule has 4 rings (SSSR count). The molecular weight excluding hydrogens is 334 g/mol. The molecule has 0 radical (unpaired) electrons. The minimum Gasteiger partial charge on any atom is -0.345 e. The molecule has 2 aromatic heterocycles. The summed E-state index contributed by atoms with van der Waals surface area (Å²) in [5.74, 6) is 0.673. The standard InChI is InChI=1S/C18H19N5OS/c24-18(20-13-6-4-10-19-12-13)16-21-17(15-9-5-11-25-15)23(22-16)14-7-2-1-3-8-14/h1-3,5,7-9,11,13,19H,4,6,10,12H2,(H,20,24)/t13-/m0/s1. The summed E-state index contributed by atoms with van der Waals surface area (Å²) >= 11 is 1.58. The van der Waals surface area contributed by atoms with Crippen molar-refractivity contribution in [3.05, 3.63) is 53.7 Å². The second-order valence-electron chi connectivity index (χ2n) is 6.00. The normalized spacial score (nSPS) is 17.4. The number of piperidine rings is 1. The van der Waals surface area contributed by atoms with Gasteiger partial charge < -0.3 is 10.6 Å². The predicted octanol–water partition coefficient (Wildman–Crippen LogP) is 2.48. The zero-order chi connectivity index (χ0) is 17.1. The summed E-state index contributed by atoms with van der Waals surface area (Å²) in [6, 6.07) is 13.9. The molecule has 0 saturated carbocycles. The predicted molar refractivity (Wildman–Crippen MR) is 98.0 cm³/mol. The fourth-order valence-electron chi connectivity index (χ4n) is 2.95. The number of carbonyl (C=O) groups is 1. The van der Waals surface area contributed by atoms with E-state index in [1.54, 1.807) is 16.0 Å². The molecule has 0 bridgehead atoms. The summed E-state index contributed by atoms with van der Waals surface area (Å²) in [5.41, 5.74) is 0.886. The molecule has 2 N–H and O–H groups in total. The average Bonchev–Trinajstić information content (AvgIpc) is 3.33. The highest BCUT2D eigenvalue weighted by Crippen LogP contribution is 2.25. The molecule has 1 fully saturated rings. The number of benzene rings is 1. The number of amides is 1. The van der Waals surface area contributed by atoms with Gasteiger partial charge in [-0.2, -0.15) is 0 Å². The number of hydrogen-bond acceptors (Lipinski definition) is 5. The first-order valence-corrected chi connectivity index (χ1v) is 9.27. The molecule has 1 amide bonds. The van der Waals surface area contributed by atoms with Gasteiger partial charge in [-0.1, -0.05) is 24.3 Å². The number of aromatic nitrogens is 3. The molecule has 3 aromatic rings. The first-order valence-electron chi connectivity index (χ1n) is 8.39. The van der Waals surface area contributed by atoms with Crippen molar-refractivity contribution in [3.63, 3.8) is 0 Å². The molecule has 1 aliphatic heterocycles. The van der Waals surface area contributed by atoms with Gasteiger partial charge in [0.1, 0.15) is 0 Å². The number of para-hydroxylation sites is 1. The Morgan fingerprint density at radius 1 is 1.24 bits per heavy atom. The molecule has 128 valence electrons. The van der Waals surface area contributed by atoms with Crippen molar-refractivity contribution in [1.29, 1.82) is 0 Å². The van der Waals surface area contributed by atoms with Crippen molar-refractivity contribution >= 4 is 17.2 Å². The molecule has 7 heteroatoms. The van der Waals surface area contributed by atoms with E-state index in [0.717, 1.165) is 36.5 Å². The maximum atomic E-state index is 12.6. The van der Waals surface area contributed by atoms with Crippen LogP contribution >= 0.6 is 11.3 Å². The Kier molecular flexibility index (Phi) is 4.58. The second kappa shape index (κ2) is 7.16. The number of carbonyl (C=O) groups excluding carboxylic acids is 1. The highest BCUT2D eigenvalue weighted by molar-refractivity contribution is 7.13. The van der Waals surface area contributed by atoms with Crippen LogP contribution in [-0.2, 0) is 0 Å². The van der Waals surface area contributed by atoms with Gasteiger partial charge in [-0.15, -0.1) is 16.4 Å². The third kappa shape index (κ3) is 3.47. The first kappa shape index (κ1) is 16.0. The minimum atomic E-state index is -0.221. The highest BCUT2D eigenvalue weighted by Gasteiger charge is 2.22. The van der Waals surface area contributed by atoms with E-state index >= 15 is 0 Å². The Morgan fingerprint density at radius 2 is 2.12 bits per heavy atom. The minimum absolute atomic E-state index is 0.134. The summed E-state index contributed by atoms with van der Waals surface area (Å²) in [6.45, 7) is 1.80. The van der Waals surface area contributed by atoms with E-state index in [0.29, 0.717) is 5.82 Å². The van der Waals surface area contributed by atoms with Crippen LogP contribution in [0, 0.1) is 0 Å². The summed E-state index contributed by atoms with van der Waals surface area (Å²) < 4.78 is 1.74. The summed E-state index contributed by atoms with van der Waals surface area (Å²) in [6.07, 6.45) is 2.05. The molecule has 1 atom stereocenters. The van der Waals surface area contributed by atoms with Gasteiger partial charge >= 0.3 is 0 Å². The van der Waals surface area contributed by atoms with Crippen LogP contribution in [0.2, 0.25) is 0 Å². The van der Waals surface area contributed by atoms with Gasteiger partial charge in [0, 0.05) is 12.6 Å². The molecule has 0 spiro atoms. The largest absolute Gasteiger partial charge is 0.345 e. The zero-order valence-corrected chi connectivity index (χ0v) is 14.5. The third-order valence-corrected chi connectivity index (χ3v) is 5.05. The van der Waals surface area contributed by atoms with Crippen LogP contribution < -0.4 is 10.6 Å². The maximum absolute atomic E-state index is 12.6. The van der Waals surface area contributed by atoms with Crippen LogP contribution in [0.5, 0.6) is 0 Å². The molecule has 6 nitrogen and oxygen atoms in total. The van der Waals surface area contributed by atoms with Crippen LogP contribution in [0.15, 0.2) is 47.8 Å². The average molecular weight is 353 g/mol. The van der Waals surface area contributed by atoms with Crippen molar-refractivity contribution in [2.45, 2.75) is 18.9 Å². The second-order valence-corrected chi connectivity index (χ2v) is 6.95. The van der Waals surface area contributed by atoms with E-state index in [1.807, 2.05) is 47.8 Å². The van der Waals surface area contributed by atoms with Crippen molar-refractivity contribution < 1.29 is 4.79 Å². The lowest BCUT2D eigenvalue weighted by atomic mass is 10.1. The van der Waals surface area contributed by atoms with Crippen LogP contribution in [0.4, 0.5) is 0 Å². The topological polar surface area (TPSA) is 71.8 Å². The van der Waals surface area contributed by atoms with Crippen molar-refractivity contribution in [3.8, 4) is 16.4 Å². The lowest BCUT2D eigenvalue weighted by Gasteiger charge is -2.23. The summed E-state index contributed by atoms with van der Waals surface area (Å²) in [4.78, 5) is 18.1. The van der Waals surface area contributed by atoms with Gasteiger partial charge in [-0.25, -0.2) is 9.67 Å². The highest BCUT2D eigenvalue weighted by atomic mass is 32.1. The smallest absolute Gasteiger partial charge is 0.291 e. The van der Waals surface area contributed by atoms with Crippen molar-refractivity contribution in [2.24, 2.45) is 0 Å². The Balaban J connectivity index is 1.66. The van der Waals surface area contributed by atoms with E-state index in [2.05, 4.69) is 20.7 Å². The molecule has 0 aliphatic carbocycles.